The van der Waals surface area contributed by atoms with Gasteiger partial charge in [0.1, 0.15) is 12.1 Å². The SMILES string of the molecule is O=CC1CCN(CC(=O)NCc2ccccc2F)CC1. The molecule has 0 saturated carbocycles. The molecule has 1 amide bonds. The zero-order valence-corrected chi connectivity index (χ0v) is 11.3. The largest absolute Gasteiger partial charge is 0.351 e. The molecule has 0 unspecified atom stereocenters. The Morgan fingerprint density at radius 2 is 2.05 bits per heavy atom. The van der Waals surface area contributed by atoms with E-state index in [-0.39, 0.29) is 24.2 Å². The zero-order chi connectivity index (χ0) is 14.4. The van der Waals surface area contributed by atoms with Crippen LogP contribution in [0.1, 0.15) is 18.4 Å². The van der Waals surface area contributed by atoms with E-state index in [2.05, 4.69) is 5.32 Å². The first kappa shape index (κ1) is 14.7. The number of hydrogen-bond donors (Lipinski definition) is 1. The molecule has 1 aliphatic heterocycles. The van der Waals surface area contributed by atoms with Crippen molar-refractivity contribution in [2.45, 2.75) is 19.4 Å². The summed E-state index contributed by atoms with van der Waals surface area (Å²) in [4.78, 5) is 24.5. The molecule has 0 bridgehead atoms. The smallest absolute Gasteiger partial charge is 0.234 e. The highest BCUT2D eigenvalue weighted by Gasteiger charge is 2.20. The van der Waals surface area contributed by atoms with Gasteiger partial charge >= 0.3 is 0 Å². The molecule has 0 radical (unpaired) electrons. The van der Waals surface area contributed by atoms with Gasteiger partial charge in [-0.3, -0.25) is 9.69 Å². The highest BCUT2D eigenvalue weighted by Crippen LogP contribution is 2.14. The van der Waals surface area contributed by atoms with Gasteiger partial charge in [0.2, 0.25) is 5.91 Å². The average Bonchev–Trinajstić information content (AvgIpc) is 2.47. The molecule has 0 aromatic heterocycles. The van der Waals surface area contributed by atoms with Gasteiger partial charge in [-0.2, -0.15) is 0 Å². The molecule has 20 heavy (non-hydrogen) atoms. The molecule has 0 aliphatic carbocycles. The fourth-order valence-electron chi connectivity index (χ4n) is 2.34. The number of piperidine rings is 1. The third kappa shape index (κ3) is 4.13. The Morgan fingerprint density at radius 3 is 2.70 bits per heavy atom. The summed E-state index contributed by atoms with van der Waals surface area (Å²) in [6.45, 7) is 2.03. The normalized spacial score (nSPS) is 16.9. The average molecular weight is 278 g/mol. The van der Waals surface area contributed by atoms with E-state index < -0.39 is 0 Å². The molecule has 1 fully saturated rings. The van der Waals surface area contributed by atoms with Gasteiger partial charge in [0.25, 0.3) is 0 Å². The Morgan fingerprint density at radius 1 is 1.35 bits per heavy atom. The third-order valence-corrected chi connectivity index (χ3v) is 3.63. The van der Waals surface area contributed by atoms with Gasteiger partial charge in [-0.1, -0.05) is 18.2 Å². The lowest BCUT2D eigenvalue weighted by Crippen LogP contribution is -2.41. The summed E-state index contributed by atoms with van der Waals surface area (Å²) in [6.07, 6.45) is 2.61. The maximum absolute atomic E-state index is 13.4. The lowest BCUT2D eigenvalue weighted by molar-refractivity contribution is -0.122. The van der Waals surface area contributed by atoms with Crippen molar-refractivity contribution < 1.29 is 14.0 Å². The highest BCUT2D eigenvalue weighted by molar-refractivity contribution is 5.78. The molecule has 4 nitrogen and oxygen atoms in total. The van der Waals surface area contributed by atoms with Crippen LogP contribution in [0.4, 0.5) is 4.39 Å². The Balaban J connectivity index is 1.73. The number of benzene rings is 1. The lowest BCUT2D eigenvalue weighted by Gasteiger charge is -2.28. The number of amides is 1. The van der Waals surface area contributed by atoms with E-state index in [9.17, 15) is 14.0 Å². The summed E-state index contributed by atoms with van der Waals surface area (Å²) in [5.41, 5.74) is 0.487. The number of nitrogens with zero attached hydrogens (tertiary/aromatic N) is 1. The molecule has 1 aromatic carbocycles. The number of rotatable bonds is 5. The van der Waals surface area contributed by atoms with E-state index >= 15 is 0 Å². The predicted molar refractivity (Wildman–Crippen MR) is 73.5 cm³/mol. The van der Waals surface area contributed by atoms with Crippen LogP contribution in [-0.4, -0.2) is 36.7 Å². The van der Waals surface area contributed by atoms with E-state index in [0.29, 0.717) is 12.1 Å². The van der Waals surface area contributed by atoms with Crippen molar-refractivity contribution in [2.75, 3.05) is 19.6 Å². The highest BCUT2D eigenvalue weighted by atomic mass is 19.1. The van der Waals surface area contributed by atoms with Crippen LogP contribution in [0.3, 0.4) is 0 Å². The number of carbonyl (C=O) groups excluding carboxylic acids is 2. The molecule has 0 spiro atoms. The first-order valence-electron chi connectivity index (χ1n) is 6.87. The minimum Gasteiger partial charge on any atom is -0.351 e. The first-order chi connectivity index (χ1) is 9.69. The maximum atomic E-state index is 13.4. The van der Waals surface area contributed by atoms with Crippen LogP contribution in [0.25, 0.3) is 0 Å². The van der Waals surface area contributed by atoms with Gasteiger partial charge in [0, 0.05) is 18.0 Å². The van der Waals surface area contributed by atoms with Crippen molar-refractivity contribution >= 4 is 12.2 Å². The van der Waals surface area contributed by atoms with Crippen molar-refractivity contribution in [3.05, 3.63) is 35.6 Å². The van der Waals surface area contributed by atoms with E-state index in [1.807, 2.05) is 4.90 Å². The van der Waals surface area contributed by atoms with E-state index in [0.717, 1.165) is 32.2 Å². The number of nitrogens with one attached hydrogen (secondary N) is 1. The summed E-state index contributed by atoms with van der Waals surface area (Å²) >= 11 is 0. The number of aldehydes is 1. The topological polar surface area (TPSA) is 49.4 Å². The molecule has 1 aromatic rings. The van der Waals surface area contributed by atoms with Gasteiger partial charge in [-0.05, 0) is 32.0 Å². The predicted octanol–water partition coefficient (Wildman–Crippen LogP) is 1.35. The maximum Gasteiger partial charge on any atom is 0.234 e. The molecular weight excluding hydrogens is 259 g/mol. The van der Waals surface area contributed by atoms with Crippen LogP contribution in [0.5, 0.6) is 0 Å². The summed E-state index contributed by atoms with van der Waals surface area (Å²) in [5.74, 6) is -0.287. The van der Waals surface area contributed by atoms with Crippen LogP contribution in [-0.2, 0) is 16.1 Å². The van der Waals surface area contributed by atoms with Gasteiger partial charge in [-0.15, -0.1) is 0 Å². The second-order valence-electron chi connectivity index (χ2n) is 5.12. The van der Waals surface area contributed by atoms with Crippen molar-refractivity contribution in [3.8, 4) is 0 Å². The number of hydrogen-bond acceptors (Lipinski definition) is 3. The minimum atomic E-state index is -0.306. The second kappa shape index (κ2) is 7.14. The van der Waals surface area contributed by atoms with Gasteiger partial charge in [0.05, 0.1) is 6.54 Å². The van der Waals surface area contributed by atoms with E-state index in [4.69, 9.17) is 0 Å². The quantitative estimate of drug-likeness (QED) is 0.827. The monoisotopic (exact) mass is 278 g/mol. The summed E-state index contributed by atoms with van der Waals surface area (Å²) in [7, 11) is 0. The fraction of sp³-hybridized carbons (Fsp3) is 0.467. The molecule has 2 rings (SSSR count). The van der Waals surface area contributed by atoms with Crippen molar-refractivity contribution in [2.24, 2.45) is 5.92 Å². The number of halogens is 1. The fourth-order valence-corrected chi connectivity index (χ4v) is 2.34. The number of likely N-dealkylation sites (tertiary alicyclic amines) is 1. The standard InChI is InChI=1S/C15H19FN2O2/c16-14-4-2-1-3-13(14)9-17-15(20)10-18-7-5-12(11-19)6-8-18/h1-4,11-12H,5-10H2,(H,17,20). The Hall–Kier alpha value is -1.75. The Kier molecular flexibility index (Phi) is 5.24. The van der Waals surface area contributed by atoms with Gasteiger partial charge < -0.3 is 10.1 Å². The van der Waals surface area contributed by atoms with Crippen molar-refractivity contribution in [1.82, 2.24) is 10.2 Å². The molecule has 5 heteroatoms. The molecular formula is C15H19FN2O2. The molecule has 108 valence electrons. The Bertz CT molecular complexity index is 471. The van der Waals surface area contributed by atoms with Gasteiger partial charge in [-0.25, -0.2) is 4.39 Å². The minimum absolute atomic E-state index is 0.113. The van der Waals surface area contributed by atoms with E-state index in [1.54, 1.807) is 18.2 Å². The van der Waals surface area contributed by atoms with Crippen LogP contribution in [0.15, 0.2) is 24.3 Å². The van der Waals surface area contributed by atoms with Crippen LogP contribution >= 0.6 is 0 Å². The summed E-state index contributed by atoms with van der Waals surface area (Å²) in [6, 6.07) is 6.41. The summed E-state index contributed by atoms with van der Waals surface area (Å²) < 4.78 is 13.4. The van der Waals surface area contributed by atoms with Crippen molar-refractivity contribution in [3.63, 3.8) is 0 Å². The Labute approximate surface area is 118 Å². The molecule has 1 saturated heterocycles. The zero-order valence-electron chi connectivity index (χ0n) is 11.3. The van der Waals surface area contributed by atoms with Crippen LogP contribution in [0, 0.1) is 11.7 Å². The molecule has 1 N–H and O–H groups in total. The molecule has 1 aliphatic rings. The van der Waals surface area contributed by atoms with Crippen molar-refractivity contribution in [1.29, 1.82) is 0 Å². The van der Waals surface area contributed by atoms with Gasteiger partial charge in [0.15, 0.2) is 0 Å². The third-order valence-electron chi connectivity index (χ3n) is 3.63. The first-order valence-corrected chi connectivity index (χ1v) is 6.87. The number of carbonyl (C=O) groups is 2. The second-order valence-corrected chi connectivity index (χ2v) is 5.12. The summed E-state index contributed by atoms with van der Waals surface area (Å²) in [5, 5.41) is 2.72. The molecule has 0 atom stereocenters. The molecule has 1 heterocycles. The lowest BCUT2D eigenvalue weighted by atomic mass is 9.99. The van der Waals surface area contributed by atoms with Crippen LogP contribution in [0.2, 0.25) is 0 Å². The van der Waals surface area contributed by atoms with Crippen LogP contribution < -0.4 is 5.32 Å². The van der Waals surface area contributed by atoms with E-state index in [1.165, 1.54) is 6.07 Å².